The predicted octanol–water partition coefficient (Wildman–Crippen LogP) is 4.11. The molecule has 8 heteroatoms. The van der Waals surface area contributed by atoms with Crippen LogP contribution in [0.5, 0.6) is 0 Å². The van der Waals surface area contributed by atoms with Crippen molar-refractivity contribution >= 4 is 22.9 Å². The quantitative estimate of drug-likeness (QED) is 0.526. The van der Waals surface area contributed by atoms with Gasteiger partial charge in [0.05, 0.1) is 18.7 Å². The van der Waals surface area contributed by atoms with Crippen LogP contribution in [0.4, 0.5) is 4.79 Å². The molecule has 0 bridgehead atoms. The Kier molecular flexibility index (Phi) is 7.71. The Bertz CT molecular complexity index is 1050. The largest absolute Gasteiger partial charge is 0.444 e. The highest BCUT2D eigenvalue weighted by atomic mass is 16.6. The van der Waals surface area contributed by atoms with E-state index in [1.165, 1.54) is 16.5 Å². The number of fused-ring (bicyclic) bond motifs is 1. The lowest BCUT2D eigenvalue weighted by molar-refractivity contribution is -0.150. The summed E-state index contributed by atoms with van der Waals surface area (Å²) in [5.41, 5.74) is 3.00. The second kappa shape index (κ2) is 10.6. The fraction of sp³-hybridized carbons (Fsp3) is 0.630. The van der Waals surface area contributed by atoms with Gasteiger partial charge < -0.3 is 28.6 Å². The predicted molar refractivity (Wildman–Crippen MR) is 134 cm³/mol. The third-order valence-corrected chi connectivity index (χ3v) is 6.54. The number of morpholine rings is 1. The van der Waals surface area contributed by atoms with Crippen LogP contribution in [0.15, 0.2) is 24.4 Å². The highest BCUT2D eigenvalue weighted by molar-refractivity contribution is 5.88. The molecule has 0 radical (unpaired) electrons. The number of ether oxygens (including phenoxy) is 3. The Hall–Kier alpha value is -2.58. The molecular weight excluding hydrogens is 446 g/mol. The lowest BCUT2D eigenvalue weighted by atomic mass is 10.1. The molecule has 0 N–H and O–H groups in total. The van der Waals surface area contributed by atoms with Gasteiger partial charge in [0.1, 0.15) is 5.60 Å². The fourth-order valence-electron chi connectivity index (χ4n) is 4.74. The minimum absolute atomic E-state index is 0.0475. The van der Waals surface area contributed by atoms with Gasteiger partial charge in [-0.25, -0.2) is 4.79 Å². The van der Waals surface area contributed by atoms with E-state index < -0.39 is 17.8 Å². The molecule has 1 aliphatic heterocycles. The van der Waals surface area contributed by atoms with E-state index in [0.717, 1.165) is 31.4 Å². The molecule has 1 aliphatic carbocycles. The zero-order valence-corrected chi connectivity index (χ0v) is 21.7. The first kappa shape index (κ1) is 25.5. The van der Waals surface area contributed by atoms with Crippen LogP contribution >= 0.6 is 0 Å². The number of methoxy groups -OCH3 is 1. The molecule has 1 aromatic carbocycles. The van der Waals surface area contributed by atoms with Gasteiger partial charge in [0, 0.05) is 51.0 Å². The number of carbonyl (C=O) groups excluding carboxylic acids is 2. The van der Waals surface area contributed by atoms with Gasteiger partial charge in [0.2, 0.25) is 0 Å². The van der Waals surface area contributed by atoms with Crippen LogP contribution in [0.3, 0.4) is 0 Å². The minimum Gasteiger partial charge on any atom is -0.444 e. The number of para-hydroxylation sites is 1. The maximum Gasteiger partial charge on any atom is 0.410 e. The summed E-state index contributed by atoms with van der Waals surface area (Å²) < 4.78 is 18.9. The highest BCUT2D eigenvalue weighted by Crippen LogP contribution is 2.33. The molecule has 0 unspecified atom stereocenters. The number of benzene rings is 1. The van der Waals surface area contributed by atoms with Crippen LogP contribution in [0.1, 0.15) is 51.2 Å². The Balaban J connectivity index is 1.52. The Morgan fingerprint density at radius 1 is 1.23 bits per heavy atom. The van der Waals surface area contributed by atoms with Gasteiger partial charge >= 0.3 is 6.09 Å². The zero-order valence-electron chi connectivity index (χ0n) is 21.7. The first-order valence-electron chi connectivity index (χ1n) is 12.6. The topological polar surface area (TPSA) is 73.2 Å². The molecule has 2 fully saturated rings. The summed E-state index contributed by atoms with van der Waals surface area (Å²) in [6.45, 7) is 10.7. The monoisotopic (exact) mass is 485 g/mol. The normalized spacial score (nSPS) is 18.7. The Morgan fingerprint density at radius 3 is 2.69 bits per heavy atom. The van der Waals surface area contributed by atoms with Gasteiger partial charge in [-0.1, -0.05) is 18.2 Å². The van der Waals surface area contributed by atoms with E-state index in [9.17, 15) is 9.59 Å². The second-order valence-electron chi connectivity index (χ2n) is 10.6. The van der Waals surface area contributed by atoms with Gasteiger partial charge in [0.15, 0.2) is 6.10 Å². The van der Waals surface area contributed by atoms with Gasteiger partial charge in [0.25, 0.3) is 5.91 Å². The van der Waals surface area contributed by atoms with E-state index in [-0.39, 0.29) is 18.5 Å². The average Bonchev–Trinajstić information content (AvgIpc) is 3.59. The van der Waals surface area contributed by atoms with E-state index in [2.05, 4.69) is 35.9 Å². The average molecular weight is 486 g/mol. The number of rotatable bonds is 8. The van der Waals surface area contributed by atoms with Crippen LogP contribution in [0, 0.1) is 6.92 Å². The van der Waals surface area contributed by atoms with Crippen LogP contribution in [0.25, 0.3) is 10.9 Å². The molecule has 0 spiro atoms. The van der Waals surface area contributed by atoms with Gasteiger partial charge in [-0.3, -0.25) is 4.79 Å². The summed E-state index contributed by atoms with van der Waals surface area (Å²) in [5, 5.41) is 1.18. The van der Waals surface area contributed by atoms with Crippen molar-refractivity contribution in [1.82, 2.24) is 14.4 Å². The molecule has 2 aromatic rings. The maximum absolute atomic E-state index is 13.7. The van der Waals surface area contributed by atoms with Crippen LogP contribution in [-0.2, 0) is 32.1 Å². The molecule has 8 nitrogen and oxygen atoms in total. The van der Waals surface area contributed by atoms with Crippen molar-refractivity contribution in [1.29, 1.82) is 0 Å². The molecule has 35 heavy (non-hydrogen) atoms. The molecule has 2 aliphatic rings. The van der Waals surface area contributed by atoms with Crippen molar-refractivity contribution in [3.8, 4) is 0 Å². The molecule has 2 amide bonds. The van der Waals surface area contributed by atoms with Crippen molar-refractivity contribution in [2.45, 2.75) is 77.8 Å². The number of aromatic nitrogens is 1. The summed E-state index contributed by atoms with van der Waals surface area (Å²) >= 11 is 0. The standard InChI is InChI=1S/C27H39N3O5/c1-19-8-6-9-22-20(16-28(24(19)22)12-7-14-33-5)17-30(21-10-11-21)25(31)23-18-29(13-15-34-23)26(32)35-27(2,3)4/h6,8-9,16,21,23H,7,10-15,17-18H2,1-5H3/t23-/m1/s1. The summed E-state index contributed by atoms with van der Waals surface area (Å²) in [7, 11) is 1.72. The number of carbonyl (C=O) groups is 2. The Labute approximate surface area is 208 Å². The fourth-order valence-corrected chi connectivity index (χ4v) is 4.74. The van der Waals surface area contributed by atoms with E-state index in [1.807, 2.05) is 25.7 Å². The third-order valence-electron chi connectivity index (χ3n) is 6.54. The van der Waals surface area contributed by atoms with E-state index >= 15 is 0 Å². The molecule has 1 saturated carbocycles. The molecule has 2 heterocycles. The first-order chi connectivity index (χ1) is 16.7. The van der Waals surface area contributed by atoms with Crippen molar-refractivity contribution in [3.63, 3.8) is 0 Å². The van der Waals surface area contributed by atoms with E-state index in [1.54, 1.807) is 12.0 Å². The lowest BCUT2D eigenvalue weighted by Crippen LogP contribution is -2.53. The zero-order chi connectivity index (χ0) is 25.2. The van der Waals surface area contributed by atoms with Crippen LogP contribution in [-0.4, -0.2) is 77.5 Å². The number of amides is 2. The van der Waals surface area contributed by atoms with Crippen LogP contribution in [0.2, 0.25) is 0 Å². The maximum atomic E-state index is 13.7. The lowest BCUT2D eigenvalue weighted by Gasteiger charge is -2.35. The van der Waals surface area contributed by atoms with Gasteiger partial charge in [-0.05, 0) is 58.1 Å². The van der Waals surface area contributed by atoms with E-state index in [0.29, 0.717) is 26.3 Å². The summed E-state index contributed by atoms with van der Waals surface area (Å²) in [4.78, 5) is 29.8. The molecule has 1 saturated heterocycles. The molecule has 1 atom stereocenters. The van der Waals surface area contributed by atoms with Crippen molar-refractivity contribution < 1.29 is 23.8 Å². The summed E-state index contributed by atoms with van der Waals surface area (Å²) in [6, 6.07) is 6.57. The summed E-state index contributed by atoms with van der Waals surface area (Å²) in [6.07, 6.45) is 4.04. The second-order valence-corrected chi connectivity index (χ2v) is 10.6. The van der Waals surface area contributed by atoms with Crippen molar-refractivity contribution in [3.05, 3.63) is 35.5 Å². The van der Waals surface area contributed by atoms with E-state index in [4.69, 9.17) is 14.2 Å². The highest BCUT2D eigenvalue weighted by Gasteiger charge is 2.39. The molecule has 192 valence electrons. The number of hydrogen-bond acceptors (Lipinski definition) is 5. The van der Waals surface area contributed by atoms with Crippen molar-refractivity contribution in [2.24, 2.45) is 0 Å². The third kappa shape index (κ3) is 6.16. The smallest absolute Gasteiger partial charge is 0.410 e. The van der Waals surface area contributed by atoms with Gasteiger partial charge in [-0.2, -0.15) is 0 Å². The van der Waals surface area contributed by atoms with Crippen molar-refractivity contribution in [2.75, 3.05) is 33.4 Å². The molecular formula is C27H39N3O5. The SMILES string of the molecule is COCCCn1cc(CN(C(=O)[C@H]2CN(C(=O)OC(C)(C)C)CCO2)C2CC2)c2cccc(C)c21. The van der Waals surface area contributed by atoms with Gasteiger partial charge in [-0.15, -0.1) is 0 Å². The molecule has 4 rings (SSSR count). The first-order valence-corrected chi connectivity index (χ1v) is 12.6. The molecule has 1 aromatic heterocycles. The number of aryl methyl sites for hydroxylation is 2. The number of hydrogen-bond donors (Lipinski definition) is 0. The minimum atomic E-state index is -0.673. The summed E-state index contributed by atoms with van der Waals surface area (Å²) in [5.74, 6) is -0.0475. The number of nitrogens with zero attached hydrogens (tertiary/aromatic N) is 3. The van der Waals surface area contributed by atoms with Crippen LogP contribution < -0.4 is 0 Å². The Morgan fingerprint density at radius 2 is 2.00 bits per heavy atom.